The molecule has 0 aliphatic heterocycles. The summed E-state index contributed by atoms with van der Waals surface area (Å²) in [6, 6.07) is 0. The van der Waals surface area contributed by atoms with E-state index in [0.29, 0.717) is 5.92 Å². The van der Waals surface area contributed by atoms with Gasteiger partial charge in [0.2, 0.25) is 0 Å². The van der Waals surface area contributed by atoms with Gasteiger partial charge in [0.25, 0.3) is 0 Å². The van der Waals surface area contributed by atoms with Crippen molar-refractivity contribution in [1.29, 1.82) is 0 Å². The van der Waals surface area contributed by atoms with Gasteiger partial charge in [-0.2, -0.15) is 0 Å². The zero-order valence-electron chi connectivity index (χ0n) is 4.98. The van der Waals surface area contributed by atoms with Crippen LogP contribution in [0.4, 0.5) is 0 Å². The molecule has 0 aromatic carbocycles. The Hall–Kier alpha value is -0.0831. The fourth-order valence-electron chi connectivity index (χ4n) is 0.331. The summed E-state index contributed by atoms with van der Waals surface area (Å²) in [4.78, 5) is 0. The molecule has 2 heteroatoms. The van der Waals surface area contributed by atoms with E-state index >= 15 is 0 Å². The van der Waals surface area contributed by atoms with Gasteiger partial charge in [0.05, 0.1) is 0 Å². The molecule has 0 saturated carbocycles. The molecule has 1 atom stereocenters. The summed E-state index contributed by atoms with van der Waals surface area (Å²) in [5.41, 5.74) is 0. The van der Waals surface area contributed by atoms with E-state index in [4.69, 9.17) is 4.43 Å². The maximum atomic E-state index is 4.96. The minimum Gasteiger partial charge on any atom is -0.427 e. The van der Waals surface area contributed by atoms with Crippen molar-refractivity contribution in [1.82, 2.24) is 0 Å². The van der Waals surface area contributed by atoms with Gasteiger partial charge < -0.3 is 4.43 Å². The Bertz CT molecular complexity index is 54.0. The molecule has 0 saturated heterocycles. The van der Waals surface area contributed by atoms with Gasteiger partial charge in [-0.05, 0) is 5.92 Å². The highest BCUT2D eigenvalue weighted by atomic mass is 28.2. The molecule has 0 aliphatic rings. The molecule has 0 bridgehead atoms. The molecule has 0 aromatic rings. The summed E-state index contributed by atoms with van der Waals surface area (Å²) < 4.78 is 4.96. The van der Waals surface area contributed by atoms with Crippen LogP contribution in [0.25, 0.3) is 0 Å². The van der Waals surface area contributed by atoms with E-state index in [0.717, 1.165) is 17.1 Å². The van der Waals surface area contributed by atoms with E-state index in [1.165, 1.54) is 0 Å². The maximum Gasteiger partial charge on any atom is 0.145 e. The Morgan fingerprint density at radius 2 is 2.57 bits per heavy atom. The van der Waals surface area contributed by atoms with Gasteiger partial charge in [0.15, 0.2) is 0 Å². The van der Waals surface area contributed by atoms with Gasteiger partial charge in [0.1, 0.15) is 10.5 Å². The SMILES string of the molecule is C=CC(C)CO[SiH3]. The van der Waals surface area contributed by atoms with Gasteiger partial charge >= 0.3 is 0 Å². The predicted octanol–water partition coefficient (Wildman–Crippen LogP) is 0.106. The summed E-state index contributed by atoms with van der Waals surface area (Å²) in [5, 5.41) is 0. The van der Waals surface area contributed by atoms with Crippen molar-refractivity contribution in [2.75, 3.05) is 6.61 Å². The van der Waals surface area contributed by atoms with Crippen LogP contribution in [-0.4, -0.2) is 17.1 Å². The quantitative estimate of drug-likeness (QED) is 0.375. The predicted molar refractivity (Wildman–Crippen MR) is 35.3 cm³/mol. The Morgan fingerprint density at radius 3 is 2.71 bits per heavy atom. The second-order valence-electron chi connectivity index (χ2n) is 1.67. The molecule has 0 rings (SSSR count). The van der Waals surface area contributed by atoms with Crippen molar-refractivity contribution in [2.45, 2.75) is 6.92 Å². The molecule has 0 amide bonds. The molecule has 0 fully saturated rings. The van der Waals surface area contributed by atoms with E-state index in [2.05, 4.69) is 13.5 Å². The summed E-state index contributed by atoms with van der Waals surface area (Å²) in [5.74, 6) is 0.525. The first-order chi connectivity index (χ1) is 3.31. The zero-order chi connectivity index (χ0) is 5.70. The molecule has 0 aliphatic carbocycles. The normalized spacial score (nSPS) is 13.9. The summed E-state index contributed by atoms with van der Waals surface area (Å²) >= 11 is 0. The van der Waals surface area contributed by atoms with Gasteiger partial charge in [-0.3, -0.25) is 0 Å². The lowest BCUT2D eigenvalue weighted by atomic mass is 10.2. The van der Waals surface area contributed by atoms with Crippen molar-refractivity contribution in [2.24, 2.45) is 5.92 Å². The highest BCUT2D eigenvalue weighted by Crippen LogP contribution is 1.92. The first-order valence-electron chi connectivity index (χ1n) is 2.42. The second-order valence-corrected chi connectivity index (χ2v) is 2.25. The van der Waals surface area contributed by atoms with Crippen LogP contribution in [0.15, 0.2) is 12.7 Å². The van der Waals surface area contributed by atoms with Crippen LogP contribution in [0.1, 0.15) is 6.92 Å². The van der Waals surface area contributed by atoms with E-state index in [1.807, 2.05) is 6.08 Å². The van der Waals surface area contributed by atoms with Crippen LogP contribution in [0, 0.1) is 5.92 Å². The second kappa shape index (κ2) is 4.09. The van der Waals surface area contributed by atoms with E-state index in [1.54, 1.807) is 0 Å². The molecule has 1 unspecified atom stereocenters. The molecular formula is C5H12OSi. The first-order valence-corrected chi connectivity index (χ1v) is 3.24. The average Bonchev–Trinajstić information content (AvgIpc) is 1.68. The Kier molecular flexibility index (Phi) is 4.04. The monoisotopic (exact) mass is 116 g/mol. The van der Waals surface area contributed by atoms with Gasteiger partial charge in [-0.15, -0.1) is 6.58 Å². The third-order valence-corrected chi connectivity index (χ3v) is 1.17. The van der Waals surface area contributed by atoms with Crippen LogP contribution in [0.2, 0.25) is 0 Å². The van der Waals surface area contributed by atoms with Crippen LogP contribution in [-0.2, 0) is 4.43 Å². The van der Waals surface area contributed by atoms with Gasteiger partial charge in [0, 0.05) is 6.61 Å². The van der Waals surface area contributed by atoms with Crippen LogP contribution in [0.5, 0.6) is 0 Å². The lowest BCUT2D eigenvalue weighted by Crippen LogP contribution is -1.98. The van der Waals surface area contributed by atoms with Crippen LogP contribution < -0.4 is 0 Å². The molecule has 0 radical (unpaired) electrons. The van der Waals surface area contributed by atoms with E-state index in [9.17, 15) is 0 Å². The van der Waals surface area contributed by atoms with E-state index in [-0.39, 0.29) is 0 Å². The number of rotatable bonds is 3. The van der Waals surface area contributed by atoms with Crippen LogP contribution in [0.3, 0.4) is 0 Å². The first kappa shape index (κ1) is 6.92. The molecular weight excluding hydrogens is 104 g/mol. The Balaban J connectivity index is 2.98. The molecule has 1 nitrogen and oxygen atoms in total. The summed E-state index contributed by atoms with van der Waals surface area (Å²) in [6.45, 7) is 6.55. The highest BCUT2D eigenvalue weighted by molar-refractivity contribution is 5.97. The van der Waals surface area contributed by atoms with Crippen LogP contribution >= 0.6 is 0 Å². The van der Waals surface area contributed by atoms with Crippen molar-refractivity contribution in [3.05, 3.63) is 12.7 Å². The molecule has 42 valence electrons. The Morgan fingerprint density at radius 1 is 2.00 bits per heavy atom. The molecule has 0 spiro atoms. The standard InChI is InChI=1S/C5H12OSi/c1-3-5(2)4-6-7/h3,5H,1,4H2,2,7H3. The number of hydrogen-bond acceptors (Lipinski definition) is 1. The molecule has 0 N–H and O–H groups in total. The minimum atomic E-state index is 0.525. The lowest BCUT2D eigenvalue weighted by Gasteiger charge is -2.00. The zero-order valence-corrected chi connectivity index (χ0v) is 6.98. The number of hydrogen-bond donors (Lipinski definition) is 0. The fraction of sp³-hybridized carbons (Fsp3) is 0.600. The smallest absolute Gasteiger partial charge is 0.145 e. The van der Waals surface area contributed by atoms with Crippen molar-refractivity contribution >= 4 is 10.5 Å². The molecule has 7 heavy (non-hydrogen) atoms. The molecule has 0 heterocycles. The summed E-state index contributed by atoms with van der Waals surface area (Å²) in [7, 11) is 0.844. The fourth-order valence-corrected chi connectivity index (χ4v) is 0.857. The lowest BCUT2D eigenvalue weighted by molar-refractivity contribution is 0.312. The largest absolute Gasteiger partial charge is 0.427 e. The highest BCUT2D eigenvalue weighted by Gasteiger charge is 1.89. The maximum absolute atomic E-state index is 4.96. The topological polar surface area (TPSA) is 9.23 Å². The van der Waals surface area contributed by atoms with Crippen molar-refractivity contribution in [3.63, 3.8) is 0 Å². The van der Waals surface area contributed by atoms with Gasteiger partial charge in [-0.25, -0.2) is 0 Å². The van der Waals surface area contributed by atoms with Crippen molar-refractivity contribution in [3.8, 4) is 0 Å². The third-order valence-electron chi connectivity index (χ3n) is 0.832. The Labute approximate surface area is 47.9 Å². The average molecular weight is 116 g/mol. The van der Waals surface area contributed by atoms with Gasteiger partial charge in [-0.1, -0.05) is 13.0 Å². The van der Waals surface area contributed by atoms with E-state index < -0.39 is 0 Å². The third kappa shape index (κ3) is 3.75. The van der Waals surface area contributed by atoms with Crippen molar-refractivity contribution < 1.29 is 4.43 Å². The summed E-state index contributed by atoms with van der Waals surface area (Å²) in [6.07, 6.45) is 1.90. The molecule has 0 aromatic heterocycles. The minimum absolute atomic E-state index is 0.525.